The van der Waals surface area contributed by atoms with Crippen LogP contribution in [0.15, 0.2) is 4.99 Å². The third-order valence-electron chi connectivity index (χ3n) is 6.40. The van der Waals surface area contributed by atoms with Gasteiger partial charge in [0.05, 0.1) is 17.5 Å². The number of fused-ring (bicyclic) bond motifs is 3. The monoisotopic (exact) mass is 370 g/mol. The number of rotatable bonds is 3. The van der Waals surface area contributed by atoms with Gasteiger partial charge in [0.25, 0.3) is 5.91 Å². The molecule has 2 aliphatic heterocycles. The highest BCUT2D eigenvalue weighted by Crippen LogP contribution is 2.51. The number of carbonyl (C=O) groups excluding carboxylic acids is 1. The van der Waals surface area contributed by atoms with Gasteiger partial charge < -0.3 is 4.90 Å². The zero-order chi connectivity index (χ0) is 17.1. The van der Waals surface area contributed by atoms with Crippen LogP contribution in [0.25, 0.3) is 0 Å². The Morgan fingerprint density at radius 3 is 2.71 bits per heavy atom. The van der Waals surface area contributed by atoms with Crippen LogP contribution in [-0.4, -0.2) is 53.2 Å². The molecule has 4 rings (SSSR count). The van der Waals surface area contributed by atoms with Crippen molar-refractivity contribution in [2.45, 2.75) is 63.3 Å². The van der Waals surface area contributed by atoms with Gasteiger partial charge in [0.2, 0.25) is 0 Å². The fourth-order valence-corrected chi connectivity index (χ4v) is 8.89. The van der Waals surface area contributed by atoms with E-state index in [2.05, 4.69) is 9.89 Å². The predicted octanol–water partition coefficient (Wildman–Crippen LogP) is 2.32. The first kappa shape index (κ1) is 16.9. The van der Waals surface area contributed by atoms with Crippen LogP contribution in [0.4, 0.5) is 0 Å². The molecule has 0 aromatic rings. The van der Waals surface area contributed by atoms with E-state index in [9.17, 15) is 13.2 Å². The maximum absolute atomic E-state index is 12.4. The number of hydrogen-bond acceptors (Lipinski definition) is 4. The van der Waals surface area contributed by atoms with Crippen LogP contribution in [0.3, 0.4) is 0 Å². The quantitative estimate of drug-likeness (QED) is 0.763. The molecule has 0 N–H and O–H groups in total. The van der Waals surface area contributed by atoms with E-state index in [1.165, 1.54) is 31.0 Å². The van der Waals surface area contributed by atoms with E-state index in [1.807, 2.05) is 13.8 Å². The van der Waals surface area contributed by atoms with Gasteiger partial charge in [-0.3, -0.25) is 4.79 Å². The first-order chi connectivity index (χ1) is 11.4. The summed E-state index contributed by atoms with van der Waals surface area (Å²) in [6.07, 6.45) is 5.75. The van der Waals surface area contributed by atoms with Crippen LogP contribution in [-0.2, 0) is 14.6 Å². The molecule has 5 nitrogen and oxygen atoms in total. The van der Waals surface area contributed by atoms with Gasteiger partial charge in [-0.2, -0.15) is 4.99 Å². The molecule has 0 radical (unpaired) electrons. The van der Waals surface area contributed by atoms with Gasteiger partial charge in [-0.25, -0.2) is 8.42 Å². The maximum Gasteiger partial charge on any atom is 0.250 e. The van der Waals surface area contributed by atoms with Crippen LogP contribution >= 0.6 is 11.8 Å². The van der Waals surface area contributed by atoms with Crippen LogP contribution in [0, 0.1) is 17.8 Å². The van der Waals surface area contributed by atoms with Crippen LogP contribution in [0.1, 0.15) is 46.0 Å². The van der Waals surface area contributed by atoms with Gasteiger partial charge in [0, 0.05) is 17.2 Å². The summed E-state index contributed by atoms with van der Waals surface area (Å²) >= 11 is 1.54. The first-order valence-electron chi connectivity index (χ1n) is 9.16. The average Bonchev–Trinajstić information content (AvgIpc) is 3.25. The van der Waals surface area contributed by atoms with E-state index >= 15 is 0 Å². The molecule has 6 atom stereocenters. The summed E-state index contributed by atoms with van der Waals surface area (Å²) in [5, 5.41) is 0.861. The Bertz CT molecular complexity index is 675. The lowest BCUT2D eigenvalue weighted by Crippen LogP contribution is -2.47. The summed E-state index contributed by atoms with van der Waals surface area (Å²) in [5.41, 5.74) is 0. The smallest absolute Gasteiger partial charge is 0.250 e. The second kappa shape index (κ2) is 6.01. The standard InChI is InChI=1S/C17H26N2O3S2/c1-3-10(2)16(20)18-17-19(13-7-11-4-5-12(13)6-11)14-8-24(21,22)9-15(14)23-17/h10-15H,3-9H2,1-2H3/t10-,11-,12-,13-,14-,15+/m0/s1. The Hall–Kier alpha value is -0.560. The highest BCUT2D eigenvalue weighted by molar-refractivity contribution is 8.15. The van der Waals surface area contributed by atoms with Crippen molar-refractivity contribution in [2.75, 3.05) is 11.5 Å². The number of aliphatic imine (C=N–C) groups is 1. The number of hydrogen-bond donors (Lipinski definition) is 0. The summed E-state index contributed by atoms with van der Waals surface area (Å²) in [5.74, 6) is 1.78. The molecular formula is C17H26N2O3S2. The Kier molecular flexibility index (Phi) is 4.23. The van der Waals surface area contributed by atoms with Gasteiger partial charge in [0.1, 0.15) is 0 Å². The largest absolute Gasteiger partial charge is 0.343 e. The molecule has 2 heterocycles. The zero-order valence-corrected chi connectivity index (χ0v) is 16.0. The van der Waals surface area contributed by atoms with Gasteiger partial charge in [0.15, 0.2) is 15.0 Å². The van der Waals surface area contributed by atoms with E-state index in [0.717, 1.165) is 23.9 Å². The minimum atomic E-state index is -2.96. The summed E-state index contributed by atoms with van der Waals surface area (Å²) in [4.78, 5) is 19.1. The van der Waals surface area contributed by atoms with Gasteiger partial charge >= 0.3 is 0 Å². The van der Waals surface area contributed by atoms with Gasteiger partial charge in [-0.15, -0.1) is 0 Å². The molecule has 134 valence electrons. The van der Waals surface area contributed by atoms with Crippen molar-refractivity contribution >= 4 is 32.7 Å². The SMILES string of the molecule is CC[C@H](C)C(=O)N=C1S[C@@H]2CS(=O)(=O)C[C@@H]2N1[C@H]1C[C@H]2CC[C@H]1C2. The number of amides is 1. The third-order valence-corrected chi connectivity index (χ3v) is 9.63. The molecule has 4 fully saturated rings. The van der Waals surface area contributed by atoms with E-state index < -0.39 is 9.84 Å². The van der Waals surface area contributed by atoms with Gasteiger partial charge in [-0.1, -0.05) is 32.0 Å². The fourth-order valence-electron chi connectivity index (χ4n) is 4.91. The van der Waals surface area contributed by atoms with Crippen LogP contribution < -0.4 is 0 Å². The predicted molar refractivity (Wildman–Crippen MR) is 96.8 cm³/mol. The highest BCUT2D eigenvalue weighted by Gasteiger charge is 2.54. The minimum absolute atomic E-state index is 0.0211. The number of sulfone groups is 1. The molecule has 0 unspecified atom stereocenters. The second-order valence-electron chi connectivity index (χ2n) is 7.99. The molecule has 2 saturated heterocycles. The maximum atomic E-state index is 12.4. The van der Waals surface area contributed by atoms with Crippen LogP contribution in [0.2, 0.25) is 0 Å². The Morgan fingerprint density at radius 1 is 1.29 bits per heavy atom. The lowest BCUT2D eigenvalue weighted by Gasteiger charge is -2.36. The molecule has 2 aliphatic carbocycles. The molecule has 0 aromatic heterocycles. The first-order valence-corrected chi connectivity index (χ1v) is 11.9. The van der Waals surface area contributed by atoms with E-state index in [1.54, 1.807) is 0 Å². The van der Waals surface area contributed by atoms with Crippen LogP contribution in [0.5, 0.6) is 0 Å². The second-order valence-corrected chi connectivity index (χ2v) is 11.4. The highest BCUT2D eigenvalue weighted by atomic mass is 32.2. The fraction of sp³-hybridized carbons (Fsp3) is 0.882. The normalized spacial score (nSPS) is 42.7. The molecule has 0 aromatic carbocycles. The summed E-state index contributed by atoms with van der Waals surface area (Å²) in [7, 11) is -2.96. The lowest BCUT2D eigenvalue weighted by atomic mass is 9.93. The summed E-state index contributed by atoms with van der Waals surface area (Å²) in [6, 6.07) is 0.413. The molecule has 2 saturated carbocycles. The molecule has 24 heavy (non-hydrogen) atoms. The lowest BCUT2D eigenvalue weighted by molar-refractivity contribution is -0.121. The van der Waals surface area contributed by atoms with E-state index in [0.29, 0.717) is 12.0 Å². The summed E-state index contributed by atoms with van der Waals surface area (Å²) in [6.45, 7) is 3.92. The van der Waals surface area contributed by atoms with Crippen molar-refractivity contribution in [1.29, 1.82) is 0 Å². The Morgan fingerprint density at radius 2 is 2.08 bits per heavy atom. The van der Waals surface area contributed by atoms with Gasteiger partial charge in [-0.05, 0) is 37.5 Å². The van der Waals surface area contributed by atoms with Crippen molar-refractivity contribution in [3.8, 4) is 0 Å². The van der Waals surface area contributed by atoms with Crippen molar-refractivity contribution in [3.05, 3.63) is 0 Å². The average molecular weight is 371 g/mol. The third kappa shape index (κ3) is 2.81. The Labute approximate surface area is 148 Å². The summed E-state index contributed by atoms with van der Waals surface area (Å²) < 4.78 is 24.2. The molecule has 2 bridgehead atoms. The number of carbonyl (C=O) groups is 1. The van der Waals surface area contributed by atoms with Crippen molar-refractivity contribution in [3.63, 3.8) is 0 Å². The molecule has 1 amide bonds. The topological polar surface area (TPSA) is 66.8 Å². The number of thioether (sulfide) groups is 1. The number of nitrogens with zero attached hydrogens (tertiary/aromatic N) is 2. The minimum Gasteiger partial charge on any atom is -0.343 e. The molecule has 0 spiro atoms. The van der Waals surface area contributed by atoms with E-state index in [-0.39, 0.29) is 34.6 Å². The van der Waals surface area contributed by atoms with Crippen molar-refractivity contribution in [1.82, 2.24) is 4.90 Å². The van der Waals surface area contributed by atoms with Crippen molar-refractivity contribution < 1.29 is 13.2 Å². The van der Waals surface area contributed by atoms with Crippen molar-refractivity contribution in [2.24, 2.45) is 22.7 Å². The Balaban J connectivity index is 1.64. The van der Waals surface area contributed by atoms with E-state index in [4.69, 9.17) is 0 Å². The zero-order valence-electron chi connectivity index (χ0n) is 14.3. The number of amidine groups is 1. The molecule has 7 heteroatoms. The molecule has 4 aliphatic rings. The molecular weight excluding hydrogens is 344 g/mol.